The number of hydrogen-bond acceptors (Lipinski definition) is 5. The fraction of sp³-hybridized carbons (Fsp3) is 0.120. The molecule has 2 heterocycles. The normalized spacial score (nSPS) is 11.1. The molecule has 0 saturated carbocycles. The molecule has 2 aromatic heterocycles. The first-order valence-electron chi connectivity index (χ1n) is 10.4. The van der Waals surface area contributed by atoms with Crippen molar-refractivity contribution in [2.45, 2.75) is 13.5 Å². The molecule has 5 aromatic rings. The molecule has 0 radical (unpaired) electrons. The Morgan fingerprint density at radius 2 is 1.88 bits per heavy atom. The summed E-state index contributed by atoms with van der Waals surface area (Å²) in [4.78, 5) is 25.7. The molecule has 0 aliphatic rings. The molecule has 0 spiro atoms. The average Bonchev–Trinajstić information content (AvgIpc) is 3.26. The van der Waals surface area contributed by atoms with E-state index in [2.05, 4.69) is 15.5 Å². The fourth-order valence-electron chi connectivity index (χ4n) is 3.88. The SMILES string of the molecule is COc1ccc(C)cc1NC(=O)Cn1ncn2nc(-c3cccc4ccccc34)cc2c1=O. The van der Waals surface area contributed by atoms with Gasteiger partial charge in [-0.1, -0.05) is 48.5 Å². The molecular weight excluding hydrogens is 418 g/mol. The number of benzene rings is 3. The minimum absolute atomic E-state index is 0.235. The number of carbonyl (C=O) groups excluding carboxylic acids is 1. The third-order valence-corrected chi connectivity index (χ3v) is 5.48. The lowest BCUT2D eigenvalue weighted by Crippen LogP contribution is -2.30. The number of aromatic nitrogens is 4. The molecule has 0 aliphatic heterocycles. The number of amides is 1. The Kier molecular flexibility index (Phi) is 5.10. The molecule has 1 amide bonds. The van der Waals surface area contributed by atoms with E-state index in [9.17, 15) is 9.59 Å². The summed E-state index contributed by atoms with van der Waals surface area (Å²) in [7, 11) is 1.54. The third kappa shape index (κ3) is 3.82. The predicted molar refractivity (Wildman–Crippen MR) is 127 cm³/mol. The Labute approximate surface area is 189 Å². The van der Waals surface area contributed by atoms with Gasteiger partial charge in [-0.25, -0.2) is 9.20 Å². The van der Waals surface area contributed by atoms with Crippen molar-refractivity contribution in [2.24, 2.45) is 0 Å². The van der Waals surface area contributed by atoms with Gasteiger partial charge in [-0.3, -0.25) is 9.59 Å². The summed E-state index contributed by atoms with van der Waals surface area (Å²) in [5.74, 6) is 0.159. The van der Waals surface area contributed by atoms with Gasteiger partial charge in [-0.05, 0) is 41.5 Å². The van der Waals surface area contributed by atoms with Crippen molar-refractivity contribution in [1.82, 2.24) is 19.4 Å². The van der Waals surface area contributed by atoms with E-state index in [0.717, 1.165) is 26.6 Å². The van der Waals surface area contributed by atoms with Crippen LogP contribution >= 0.6 is 0 Å². The Bertz CT molecular complexity index is 1560. The van der Waals surface area contributed by atoms with Gasteiger partial charge in [0.25, 0.3) is 5.56 Å². The summed E-state index contributed by atoms with van der Waals surface area (Å²) in [5, 5.41) is 13.6. The highest BCUT2D eigenvalue weighted by Crippen LogP contribution is 2.28. The number of nitrogens with one attached hydrogen (secondary N) is 1. The molecular formula is C25H21N5O3. The second kappa shape index (κ2) is 8.23. The quantitative estimate of drug-likeness (QED) is 0.451. The third-order valence-electron chi connectivity index (χ3n) is 5.48. The van der Waals surface area contributed by atoms with Crippen molar-refractivity contribution < 1.29 is 9.53 Å². The smallest absolute Gasteiger partial charge is 0.293 e. The minimum Gasteiger partial charge on any atom is -0.495 e. The highest BCUT2D eigenvalue weighted by molar-refractivity contribution is 5.96. The van der Waals surface area contributed by atoms with Crippen molar-refractivity contribution in [3.8, 4) is 17.0 Å². The number of ether oxygens (including phenoxy) is 1. The first-order chi connectivity index (χ1) is 16.0. The lowest BCUT2D eigenvalue weighted by molar-refractivity contribution is -0.117. The van der Waals surface area contributed by atoms with E-state index in [1.165, 1.54) is 18.0 Å². The molecule has 0 aliphatic carbocycles. The van der Waals surface area contributed by atoms with Crippen LogP contribution in [0.2, 0.25) is 0 Å². The topological polar surface area (TPSA) is 90.5 Å². The predicted octanol–water partition coefficient (Wildman–Crippen LogP) is 3.67. The number of nitrogens with zero attached hydrogens (tertiary/aromatic N) is 4. The zero-order valence-electron chi connectivity index (χ0n) is 18.1. The van der Waals surface area contributed by atoms with Crippen LogP contribution in [0.3, 0.4) is 0 Å². The van der Waals surface area contributed by atoms with E-state index < -0.39 is 5.56 Å². The second-order valence-electron chi connectivity index (χ2n) is 7.73. The second-order valence-corrected chi connectivity index (χ2v) is 7.73. The molecule has 1 N–H and O–H groups in total. The Balaban J connectivity index is 1.46. The van der Waals surface area contributed by atoms with Crippen LogP contribution in [-0.2, 0) is 11.3 Å². The average molecular weight is 439 g/mol. The van der Waals surface area contributed by atoms with Crippen LogP contribution in [0.15, 0.2) is 77.9 Å². The number of aryl methyl sites for hydroxylation is 1. The molecule has 164 valence electrons. The highest BCUT2D eigenvalue weighted by atomic mass is 16.5. The van der Waals surface area contributed by atoms with E-state index in [-0.39, 0.29) is 12.5 Å². The van der Waals surface area contributed by atoms with Crippen LogP contribution < -0.4 is 15.6 Å². The molecule has 0 fully saturated rings. The summed E-state index contributed by atoms with van der Waals surface area (Å²) >= 11 is 0. The number of anilines is 1. The summed E-state index contributed by atoms with van der Waals surface area (Å²) < 4.78 is 7.87. The molecule has 8 nitrogen and oxygen atoms in total. The lowest BCUT2D eigenvalue weighted by Gasteiger charge is -2.11. The summed E-state index contributed by atoms with van der Waals surface area (Å²) in [5.41, 5.74) is 3.04. The van der Waals surface area contributed by atoms with Crippen LogP contribution in [0.5, 0.6) is 5.75 Å². The van der Waals surface area contributed by atoms with Crippen molar-refractivity contribution in [2.75, 3.05) is 12.4 Å². The molecule has 33 heavy (non-hydrogen) atoms. The van der Waals surface area contributed by atoms with Gasteiger partial charge in [-0.15, -0.1) is 0 Å². The zero-order valence-corrected chi connectivity index (χ0v) is 18.1. The molecule has 3 aromatic carbocycles. The Morgan fingerprint density at radius 3 is 2.73 bits per heavy atom. The van der Waals surface area contributed by atoms with E-state index in [4.69, 9.17) is 4.74 Å². The number of rotatable bonds is 5. The van der Waals surface area contributed by atoms with Gasteiger partial charge >= 0.3 is 0 Å². The van der Waals surface area contributed by atoms with E-state index in [1.807, 2.05) is 61.5 Å². The zero-order chi connectivity index (χ0) is 22.9. The van der Waals surface area contributed by atoms with Crippen molar-refractivity contribution in [3.05, 3.63) is 89.0 Å². The maximum atomic E-state index is 13.0. The summed E-state index contributed by atoms with van der Waals surface area (Å²) in [6.45, 7) is 1.68. The van der Waals surface area contributed by atoms with Gasteiger partial charge in [0.2, 0.25) is 5.91 Å². The number of fused-ring (bicyclic) bond motifs is 2. The fourth-order valence-corrected chi connectivity index (χ4v) is 3.88. The maximum absolute atomic E-state index is 13.0. The molecule has 0 saturated heterocycles. The van der Waals surface area contributed by atoms with Crippen LogP contribution in [-0.4, -0.2) is 32.4 Å². The van der Waals surface area contributed by atoms with Crippen LogP contribution in [0.25, 0.3) is 27.5 Å². The molecule has 8 heteroatoms. The standard InChI is InChI=1S/C25H21N5O3/c1-16-10-11-23(33-2)21(12-16)27-24(31)14-29-25(32)22-13-20(28-30(22)15-26-29)19-9-5-7-17-6-3-4-8-18(17)19/h3-13,15H,14H2,1-2H3,(H,27,31). The Morgan fingerprint density at radius 1 is 1.06 bits per heavy atom. The van der Waals surface area contributed by atoms with Crippen molar-refractivity contribution in [3.63, 3.8) is 0 Å². The van der Waals surface area contributed by atoms with Gasteiger partial charge in [0.1, 0.15) is 24.1 Å². The number of hydrogen-bond donors (Lipinski definition) is 1. The first-order valence-corrected chi connectivity index (χ1v) is 10.4. The largest absolute Gasteiger partial charge is 0.495 e. The van der Waals surface area contributed by atoms with E-state index in [1.54, 1.807) is 12.1 Å². The van der Waals surface area contributed by atoms with Gasteiger partial charge in [0.15, 0.2) is 0 Å². The van der Waals surface area contributed by atoms with Crippen LogP contribution in [0.1, 0.15) is 5.56 Å². The number of methoxy groups -OCH3 is 1. The first kappa shape index (κ1) is 20.4. The summed E-state index contributed by atoms with van der Waals surface area (Å²) in [6.07, 6.45) is 1.44. The van der Waals surface area contributed by atoms with Crippen molar-refractivity contribution >= 4 is 27.9 Å². The minimum atomic E-state index is -0.400. The van der Waals surface area contributed by atoms with Gasteiger partial charge in [-0.2, -0.15) is 10.2 Å². The van der Waals surface area contributed by atoms with E-state index >= 15 is 0 Å². The van der Waals surface area contributed by atoms with Gasteiger partial charge in [0.05, 0.1) is 18.5 Å². The molecule has 5 rings (SSSR count). The monoisotopic (exact) mass is 439 g/mol. The Hall–Kier alpha value is -4.46. The van der Waals surface area contributed by atoms with Gasteiger partial charge in [0, 0.05) is 5.56 Å². The number of carbonyl (C=O) groups is 1. The van der Waals surface area contributed by atoms with Crippen molar-refractivity contribution in [1.29, 1.82) is 0 Å². The lowest BCUT2D eigenvalue weighted by atomic mass is 10.0. The maximum Gasteiger partial charge on any atom is 0.293 e. The van der Waals surface area contributed by atoms with Crippen LogP contribution in [0, 0.1) is 6.92 Å². The molecule has 0 atom stereocenters. The van der Waals surface area contributed by atoms with Crippen LogP contribution in [0.4, 0.5) is 5.69 Å². The molecule has 0 bridgehead atoms. The molecule has 0 unspecified atom stereocenters. The van der Waals surface area contributed by atoms with Gasteiger partial charge < -0.3 is 10.1 Å². The summed E-state index contributed by atoms with van der Waals surface area (Å²) in [6, 6.07) is 21.2. The highest BCUT2D eigenvalue weighted by Gasteiger charge is 2.15. The van der Waals surface area contributed by atoms with E-state index in [0.29, 0.717) is 22.6 Å².